The second kappa shape index (κ2) is 12.3. The van der Waals surface area contributed by atoms with Crippen LogP contribution in [0.3, 0.4) is 0 Å². The second-order valence-electron chi connectivity index (χ2n) is 11.3. The molecule has 3 aliphatic rings. The van der Waals surface area contributed by atoms with E-state index in [2.05, 4.69) is 0 Å². The zero-order valence-corrected chi connectivity index (χ0v) is 25.9. The number of esters is 1. The molecular weight excluding hydrogens is 641 g/mol. The Hall–Kier alpha value is -3.77. The van der Waals surface area contributed by atoms with Crippen LogP contribution in [0.5, 0.6) is 5.75 Å². The maximum atomic E-state index is 15.4. The molecule has 232 valence electrons. The molecule has 10 nitrogen and oxygen atoms in total. The average Bonchev–Trinajstić information content (AvgIpc) is 3.17. The zero-order chi connectivity index (χ0) is 31.1. The van der Waals surface area contributed by atoms with Gasteiger partial charge in [-0.05, 0) is 12.3 Å². The summed E-state index contributed by atoms with van der Waals surface area (Å²) in [5, 5.41) is 2.20. The van der Waals surface area contributed by atoms with Gasteiger partial charge in [-0.25, -0.2) is 0 Å². The summed E-state index contributed by atoms with van der Waals surface area (Å²) in [6, 6.07) is 10.1. The fourth-order valence-corrected chi connectivity index (χ4v) is 8.31. The third-order valence-corrected chi connectivity index (χ3v) is 10.3. The molecule has 3 atom stereocenters. The van der Waals surface area contributed by atoms with Crippen LogP contribution in [-0.4, -0.2) is 75.2 Å². The number of carbonyl (C=O) groups is 2. The van der Waals surface area contributed by atoms with Gasteiger partial charge in [-0.15, -0.1) is 0 Å². The number of aromatic nitrogens is 1. The van der Waals surface area contributed by atoms with E-state index in [9.17, 15) is 18.8 Å². The molecule has 0 saturated carbocycles. The van der Waals surface area contributed by atoms with Crippen LogP contribution in [0, 0.1) is 17.6 Å². The van der Waals surface area contributed by atoms with E-state index in [1.807, 2.05) is 43.1 Å². The van der Waals surface area contributed by atoms with E-state index >= 15 is 4.39 Å². The number of hydrogen-bond acceptors (Lipinski definition) is 8. The summed E-state index contributed by atoms with van der Waals surface area (Å²) in [6.45, 7) is 3.86. The molecule has 0 radical (unpaired) electrons. The van der Waals surface area contributed by atoms with Gasteiger partial charge in [-0.1, -0.05) is 13.8 Å². The van der Waals surface area contributed by atoms with Crippen molar-refractivity contribution in [3.8, 4) is 5.75 Å². The van der Waals surface area contributed by atoms with Gasteiger partial charge in [0.15, 0.2) is 0 Å². The molecule has 1 fully saturated rings. The van der Waals surface area contributed by atoms with Gasteiger partial charge in [0.25, 0.3) is 0 Å². The van der Waals surface area contributed by atoms with Crippen LogP contribution in [-0.2, 0) is 19.6 Å². The first-order chi connectivity index (χ1) is 21.2. The average molecular weight is 674 g/mol. The molecule has 6 rings (SSSR count). The Labute approximate surface area is 258 Å². The van der Waals surface area contributed by atoms with Gasteiger partial charge in [0, 0.05) is 0 Å². The number of benzene rings is 2. The Bertz CT molecular complexity index is 1670. The fraction of sp³-hybridized carbons (Fsp3) is 0.387. The van der Waals surface area contributed by atoms with Crippen molar-refractivity contribution in [2.45, 2.75) is 43.8 Å². The first-order valence-corrected chi connectivity index (χ1v) is 16.4. The summed E-state index contributed by atoms with van der Waals surface area (Å²) in [5.74, 6) is -3.11. The topological polar surface area (TPSA) is 116 Å². The molecular formula is C31H32F2N4O6Se. The number of nitrogens with zero attached hydrogens (tertiary/aromatic N) is 3. The van der Waals surface area contributed by atoms with Gasteiger partial charge in [0.05, 0.1) is 0 Å². The van der Waals surface area contributed by atoms with E-state index in [-0.39, 0.29) is 57.6 Å². The number of pyridine rings is 1. The fourth-order valence-electron chi connectivity index (χ4n) is 5.97. The van der Waals surface area contributed by atoms with Crippen LogP contribution >= 0.6 is 0 Å². The quantitative estimate of drug-likeness (QED) is 0.229. The number of halogens is 2. The van der Waals surface area contributed by atoms with Crippen molar-refractivity contribution in [1.29, 1.82) is 0 Å². The van der Waals surface area contributed by atoms with Gasteiger partial charge >= 0.3 is 227 Å². The predicted octanol–water partition coefficient (Wildman–Crippen LogP) is 1.76. The molecule has 1 amide bonds. The first-order valence-electron chi connectivity index (χ1n) is 14.3. The number of fused-ring (bicyclic) bond motifs is 4. The van der Waals surface area contributed by atoms with E-state index in [1.165, 1.54) is 16.9 Å². The summed E-state index contributed by atoms with van der Waals surface area (Å²) < 4.78 is 49.2. The van der Waals surface area contributed by atoms with E-state index in [1.54, 1.807) is 11.0 Å². The Kier molecular flexibility index (Phi) is 8.47. The van der Waals surface area contributed by atoms with Crippen molar-refractivity contribution < 1.29 is 32.6 Å². The van der Waals surface area contributed by atoms with Crippen LogP contribution in [0.4, 0.5) is 8.78 Å². The molecule has 0 bridgehead atoms. The predicted molar refractivity (Wildman–Crippen MR) is 157 cm³/mol. The summed E-state index contributed by atoms with van der Waals surface area (Å²) >= 11 is -0.204. The standard InChI is InChI=1S/C31H32F2N4O6Se/c1-17(2)13-22(34)31(40)43-16-42-29-23(38)9-10-36-28(29)30(39)35-11-12-41-14-25(35)37(36)27-18-7-8-21(32)26(33)20(18)15-44-24-6-4-3-5-19(24)27/h3-10,17,22,25,27H,11-16,34H2,1-2H3/t22-,25+,27-/m0/s1. The molecule has 2 aromatic carbocycles. The third kappa shape index (κ3) is 5.38. The molecule has 3 aromatic rings. The number of carbonyl (C=O) groups excluding carboxylic acids is 2. The normalized spacial score (nSPS) is 19.8. The van der Waals surface area contributed by atoms with Crippen molar-refractivity contribution in [3.05, 3.63) is 92.9 Å². The van der Waals surface area contributed by atoms with Crippen LogP contribution in [0.1, 0.15) is 53.5 Å². The SMILES string of the molecule is CC(C)C[C@H](N)C(=O)OCOc1c2n(ccc1=O)N([C@@H]1c3ccccc3[Se]Cc3c1ccc(F)c3F)[C@@H]1COCCN1C2=O. The van der Waals surface area contributed by atoms with Crippen LogP contribution in [0.2, 0.25) is 0 Å². The van der Waals surface area contributed by atoms with Crippen LogP contribution in [0.25, 0.3) is 0 Å². The number of nitrogens with two attached hydrogens (primary N) is 1. The molecule has 1 aromatic heterocycles. The minimum atomic E-state index is -0.928. The molecule has 0 spiro atoms. The van der Waals surface area contributed by atoms with Gasteiger partial charge < -0.3 is 5.73 Å². The number of morpholine rings is 1. The van der Waals surface area contributed by atoms with Crippen molar-refractivity contribution >= 4 is 31.3 Å². The van der Waals surface area contributed by atoms with E-state index < -0.39 is 54.0 Å². The number of hydrogen-bond donors (Lipinski definition) is 1. The Morgan fingerprint density at radius 1 is 1.14 bits per heavy atom. The maximum absolute atomic E-state index is 15.4. The zero-order valence-electron chi connectivity index (χ0n) is 24.2. The summed E-state index contributed by atoms with van der Waals surface area (Å²) in [7, 11) is 0. The Morgan fingerprint density at radius 2 is 1.93 bits per heavy atom. The van der Waals surface area contributed by atoms with Gasteiger partial charge in [0.2, 0.25) is 0 Å². The van der Waals surface area contributed by atoms with Crippen molar-refractivity contribution in [1.82, 2.24) is 9.58 Å². The monoisotopic (exact) mass is 674 g/mol. The summed E-state index contributed by atoms with van der Waals surface area (Å²) in [6.07, 6.45) is 1.23. The first kappa shape index (κ1) is 30.3. The third-order valence-electron chi connectivity index (χ3n) is 7.97. The second-order valence-corrected chi connectivity index (χ2v) is 13.4. The molecule has 44 heavy (non-hydrogen) atoms. The van der Waals surface area contributed by atoms with Crippen LogP contribution < -0.4 is 25.4 Å². The van der Waals surface area contributed by atoms with Gasteiger partial charge in [-0.2, -0.15) is 0 Å². The minimum absolute atomic E-state index is 0.0745. The molecule has 1 saturated heterocycles. The van der Waals surface area contributed by atoms with Gasteiger partial charge in [0.1, 0.15) is 0 Å². The molecule has 4 heterocycles. The summed E-state index contributed by atoms with van der Waals surface area (Å²) in [5.41, 5.74) is 6.96. The van der Waals surface area contributed by atoms with E-state index in [0.29, 0.717) is 17.3 Å². The van der Waals surface area contributed by atoms with Crippen molar-refractivity contribution in [2.24, 2.45) is 11.7 Å². The number of amides is 1. The summed E-state index contributed by atoms with van der Waals surface area (Å²) in [4.78, 5) is 41.2. The van der Waals surface area contributed by atoms with E-state index in [4.69, 9.17) is 19.9 Å². The molecule has 0 aliphatic carbocycles. The molecule has 0 unspecified atom stereocenters. The van der Waals surface area contributed by atoms with Crippen molar-refractivity contribution in [3.63, 3.8) is 0 Å². The van der Waals surface area contributed by atoms with Crippen LogP contribution in [0.15, 0.2) is 53.5 Å². The van der Waals surface area contributed by atoms with E-state index in [0.717, 1.165) is 16.1 Å². The Balaban J connectivity index is 1.47. The Morgan fingerprint density at radius 3 is 2.73 bits per heavy atom. The van der Waals surface area contributed by atoms with Crippen molar-refractivity contribution in [2.75, 3.05) is 31.6 Å². The van der Waals surface area contributed by atoms with Gasteiger partial charge in [-0.3, -0.25) is 0 Å². The molecule has 2 N–H and O–H groups in total. The molecule has 3 aliphatic heterocycles. The molecule has 13 heteroatoms. The number of ether oxygens (including phenoxy) is 3. The number of rotatable bonds is 7.